The minimum atomic E-state index is -0.309. The molecule has 3 N–H and O–H groups in total. The number of rotatable bonds is 6. The number of benzene rings is 1. The molecule has 178 valence electrons. The smallest absolute Gasteiger partial charge is 0.271 e. The van der Waals surface area contributed by atoms with Crippen LogP contribution in [0.4, 0.5) is 11.4 Å². The monoisotopic (exact) mass is 459 g/mol. The number of anilines is 2. The Hall–Kier alpha value is -3.35. The summed E-state index contributed by atoms with van der Waals surface area (Å²) in [6, 6.07) is 9.95. The van der Waals surface area contributed by atoms with Crippen LogP contribution in [0.2, 0.25) is 0 Å². The quantitative estimate of drug-likeness (QED) is 0.608. The molecule has 0 spiro atoms. The van der Waals surface area contributed by atoms with E-state index in [4.69, 9.17) is 4.99 Å². The van der Waals surface area contributed by atoms with Crippen molar-refractivity contribution in [1.82, 2.24) is 10.3 Å². The third-order valence-corrected chi connectivity index (χ3v) is 7.00. The van der Waals surface area contributed by atoms with Gasteiger partial charge in [0.25, 0.3) is 11.5 Å². The molecule has 0 bridgehead atoms. The number of nitrogens with zero attached hydrogens (tertiary/aromatic N) is 2. The second-order valence-corrected chi connectivity index (χ2v) is 9.57. The summed E-state index contributed by atoms with van der Waals surface area (Å²) < 4.78 is 0. The summed E-state index contributed by atoms with van der Waals surface area (Å²) in [6.07, 6.45) is 15.2. The SMILES string of the molecule is O=C(Nc1cc(CC2C=CC(NC3CCCC3)=N2)c[nH]c1=O)c1ccc(N2CCCCC2)cc1. The molecule has 1 saturated carbocycles. The predicted molar refractivity (Wildman–Crippen MR) is 137 cm³/mol. The molecule has 1 aliphatic carbocycles. The summed E-state index contributed by atoms with van der Waals surface area (Å²) >= 11 is 0. The molecule has 34 heavy (non-hydrogen) atoms. The van der Waals surface area contributed by atoms with Gasteiger partial charge in [-0.2, -0.15) is 0 Å². The Morgan fingerprint density at radius 2 is 1.82 bits per heavy atom. The van der Waals surface area contributed by atoms with Crippen molar-refractivity contribution in [2.45, 2.75) is 63.5 Å². The highest BCUT2D eigenvalue weighted by Gasteiger charge is 2.19. The van der Waals surface area contributed by atoms with E-state index >= 15 is 0 Å². The van der Waals surface area contributed by atoms with E-state index in [1.165, 1.54) is 44.9 Å². The lowest BCUT2D eigenvalue weighted by Crippen LogP contribution is -2.30. The van der Waals surface area contributed by atoms with Crippen molar-refractivity contribution < 1.29 is 4.79 Å². The zero-order chi connectivity index (χ0) is 23.3. The lowest BCUT2D eigenvalue weighted by atomic mass is 10.1. The normalized spacial score (nSPS) is 20.4. The van der Waals surface area contributed by atoms with Crippen LogP contribution < -0.4 is 21.1 Å². The van der Waals surface area contributed by atoms with Crippen LogP contribution in [0.15, 0.2) is 58.5 Å². The lowest BCUT2D eigenvalue weighted by Gasteiger charge is -2.28. The highest BCUT2D eigenvalue weighted by Crippen LogP contribution is 2.21. The molecule has 3 heterocycles. The number of hydrogen-bond acceptors (Lipinski definition) is 5. The van der Waals surface area contributed by atoms with Crippen molar-refractivity contribution in [3.63, 3.8) is 0 Å². The standard InChI is InChI=1S/C27H33N5O2/c33-26(20-8-11-23(12-9-20)32-14-4-1-5-15-32)31-24-17-19(18-28-27(24)34)16-22-10-13-25(30-22)29-21-6-2-3-7-21/h8-13,17-18,21-22H,1-7,14-16H2,(H,28,34)(H,29,30)(H,31,33). The maximum atomic E-state index is 12.8. The van der Waals surface area contributed by atoms with Crippen molar-refractivity contribution in [1.29, 1.82) is 0 Å². The molecule has 1 aromatic carbocycles. The Labute approximate surface area is 200 Å². The van der Waals surface area contributed by atoms with Gasteiger partial charge in [-0.05, 0) is 80.5 Å². The number of nitrogens with one attached hydrogen (secondary N) is 3. The largest absolute Gasteiger partial charge is 0.372 e. The van der Waals surface area contributed by atoms with Gasteiger partial charge < -0.3 is 20.5 Å². The minimum Gasteiger partial charge on any atom is -0.372 e. The minimum absolute atomic E-state index is 0.0284. The third kappa shape index (κ3) is 5.41. The third-order valence-electron chi connectivity index (χ3n) is 7.00. The summed E-state index contributed by atoms with van der Waals surface area (Å²) in [5, 5.41) is 6.31. The van der Waals surface area contributed by atoms with Crippen LogP contribution in [0.1, 0.15) is 60.9 Å². The maximum Gasteiger partial charge on any atom is 0.271 e. The van der Waals surface area contributed by atoms with Gasteiger partial charge in [0.2, 0.25) is 0 Å². The summed E-state index contributed by atoms with van der Waals surface area (Å²) in [4.78, 5) is 35.0. The van der Waals surface area contributed by atoms with E-state index in [2.05, 4.69) is 26.6 Å². The first-order chi connectivity index (χ1) is 16.6. The molecule has 2 fully saturated rings. The Bertz CT molecular complexity index is 1120. The van der Waals surface area contributed by atoms with Gasteiger partial charge in [-0.3, -0.25) is 14.6 Å². The van der Waals surface area contributed by atoms with Gasteiger partial charge in [0.15, 0.2) is 0 Å². The first-order valence-electron chi connectivity index (χ1n) is 12.5. The molecule has 7 nitrogen and oxygen atoms in total. The van der Waals surface area contributed by atoms with Crippen LogP contribution in [-0.2, 0) is 6.42 Å². The number of amidine groups is 1. The first kappa shape index (κ1) is 22.4. The van der Waals surface area contributed by atoms with Gasteiger partial charge in [-0.1, -0.05) is 18.9 Å². The molecule has 2 aliphatic heterocycles. The number of carbonyl (C=O) groups is 1. The van der Waals surface area contributed by atoms with Crippen LogP contribution >= 0.6 is 0 Å². The van der Waals surface area contributed by atoms with E-state index in [9.17, 15) is 9.59 Å². The zero-order valence-electron chi connectivity index (χ0n) is 19.6. The summed E-state index contributed by atoms with van der Waals surface area (Å²) in [7, 11) is 0. The zero-order valence-corrected chi connectivity index (χ0v) is 19.6. The van der Waals surface area contributed by atoms with E-state index in [1.54, 1.807) is 12.3 Å². The molecule has 1 saturated heterocycles. The van der Waals surface area contributed by atoms with Gasteiger partial charge in [-0.25, -0.2) is 0 Å². The van der Waals surface area contributed by atoms with Crippen LogP contribution in [0, 0.1) is 0 Å². The van der Waals surface area contributed by atoms with E-state index in [0.29, 0.717) is 18.0 Å². The Balaban J connectivity index is 1.21. The van der Waals surface area contributed by atoms with Crippen LogP contribution in [-0.4, -0.2) is 41.9 Å². The van der Waals surface area contributed by atoms with E-state index < -0.39 is 0 Å². The van der Waals surface area contributed by atoms with Crippen molar-refractivity contribution in [3.05, 3.63) is 70.2 Å². The number of H-pyrrole nitrogens is 1. The number of aromatic amines is 1. The topological polar surface area (TPSA) is 89.6 Å². The molecule has 0 radical (unpaired) electrons. The number of hydrogen-bond donors (Lipinski definition) is 3. The molecule has 1 aromatic heterocycles. The maximum absolute atomic E-state index is 12.8. The molecule has 7 heteroatoms. The Morgan fingerprint density at radius 3 is 2.59 bits per heavy atom. The number of piperidine rings is 1. The van der Waals surface area contributed by atoms with Gasteiger partial charge in [0, 0.05) is 36.6 Å². The average molecular weight is 460 g/mol. The van der Waals surface area contributed by atoms with Gasteiger partial charge in [0.1, 0.15) is 11.5 Å². The second kappa shape index (κ2) is 10.3. The number of amides is 1. The molecule has 3 aliphatic rings. The first-order valence-corrected chi connectivity index (χ1v) is 12.5. The molecule has 1 amide bonds. The van der Waals surface area contributed by atoms with E-state index in [0.717, 1.165) is 30.2 Å². The number of aromatic nitrogens is 1. The molecule has 1 unspecified atom stereocenters. The Kier molecular flexibility index (Phi) is 6.79. The Morgan fingerprint density at radius 1 is 1.06 bits per heavy atom. The van der Waals surface area contributed by atoms with Crippen LogP contribution in [0.3, 0.4) is 0 Å². The van der Waals surface area contributed by atoms with Gasteiger partial charge in [-0.15, -0.1) is 0 Å². The summed E-state index contributed by atoms with van der Waals surface area (Å²) in [5.74, 6) is 0.664. The molecule has 2 aromatic rings. The predicted octanol–water partition coefficient (Wildman–Crippen LogP) is 4.03. The fourth-order valence-electron chi connectivity index (χ4n) is 5.10. The summed E-state index contributed by atoms with van der Waals surface area (Å²) in [5.41, 5.74) is 2.56. The molecule has 5 rings (SSSR count). The van der Waals surface area contributed by atoms with Crippen molar-refractivity contribution >= 4 is 23.1 Å². The number of aliphatic imine (C=N–C) groups is 1. The van der Waals surface area contributed by atoms with Gasteiger partial charge in [0.05, 0.1) is 6.04 Å². The van der Waals surface area contributed by atoms with Crippen molar-refractivity contribution in [2.75, 3.05) is 23.3 Å². The summed E-state index contributed by atoms with van der Waals surface area (Å²) in [6.45, 7) is 2.12. The number of pyridine rings is 1. The lowest BCUT2D eigenvalue weighted by molar-refractivity contribution is 0.102. The highest BCUT2D eigenvalue weighted by molar-refractivity contribution is 6.04. The number of carbonyl (C=O) groups excluding carboxylic acids is 1. The average Bonchev–Trinajstić information content (AvgIpc) is 3.54. The van der Waals surface area contributed by atoms with E-state index in [-0.39, 0.29) is 23.2 Å². The van der Waals surface area contributed by atoms with Crippen LogP contribution in [0.25, 0.3) is 0 Å². The molecular weight excluding hydrogens is 426 g/mol. The second-order valence-electron chi connectivity index (χ2n) is 9.57. The molecule has 1 atom stereocenters. The van der Waals surface area contributed by atoms with Crippen molar-refractivity contribution in [2.24, 2.45) is 4.99 Å². The fraction of sp³-hybridized carbons (Fsp3) is 0.444. The fourth-order valence-corrected chi connectivity index (χ4v) is 5.10. The molecular formula is C27H33N5O2. The van der Waals surface area contributed by atoms with Crippen LogP contribution in [0.5, 0.6) is 0 Å². The highest BCUT2D eigenvalue weighted by atomic mass is 16.2. The van der Waals surface area contributed by atoms with Gasteiger partial charge >= 0.3 is 0 Å². The van der Waals surface area contributed by atoms with Crippen molar-refractivity contribution in [3.8, 4) is 0 Å². The van der Waals surface area contributed by atoms with E-state index in [1.807, 2.05) is 30.3 Å².